The second kappa shape index (κ2) is 9.84. The average molecular weight is 467 g/mol. The molecule has 0 heterocycles. The number of carbonyl (C=O) groups excluding carboxylic acids is 3. The Kier molecular flexibility index (Phi) is 6.98. The summed E-state index contributed by atoms with van der Waals surface area (Å²) < 4.78 is 5.96. The molecule has 2 amide bonds. The molecule has 0 unspecified atom stereocenters. The zero-order valence-corrected chi connectivity index (χ0v) is 17.7. The van der Waals surface area contributed by atoms with Crippen LogP contribution in [0.5, 0.6) is 5.75 Å². The Morgan fingerprint density at radius 1 is 0.867 bits per heavy atom. The fourth-order valence-electron chi connectivity index (χ4n) is 2.74. The zero-order valence-electron chi connectivity index (χ0n) is 16.1. The van der Waals surface area contributed by atoms with Gasteiger partial charge in [0.1, 0.15) is 5.75 Å². The highest BCUT2D eigenvalue weighted by Crippen LogP contribution is 2.23. The first-order valence-electron chi connectivity index (χ1n) is 9.14. The van der Waals surface area contributed by atoms with Crippen molar-refractivity contribution in [2.24, 2.45) is 0 Å². The van der Waals surface area contributed by atoms with Gasteiger partial charge in [-0.25, -0.2) is 0 Å². The van der Waals surface area contributed by atoms with Gasteiger partial charge in [-0.2, -0.15) is 0 Å². The predicted molar refractivity (Wildman–Crippen MR) is 119 cm³/mol. The minimum atomic E-state index is -0.466. The highest BCUT2D eigenvalue weighted by molar-refractivity contribution is 9.10. The van der Waals surface area contributed by atoms with Gasteiger partial charge in [-0.05, 0) is 48.0 Å². The van der Waals surface area contributed by atoms with Crippen molar-refractivity contribution in [2.75, 3.05) is 10.6 Å². The number of hydrogen-bond acceptors (Lipinski definition) is 4. The smallest absolute Gasteiger partial charge is 0.308 e. The van der Waals surface area contributed by atoms with Crippen LogP contribution in [0.15, 0.2) is 77.3 Å². The minimum Gasteiger partial charge on any atom is -0.427 e. The largest absolute Gasteiger partial charge is 0.427 e. The SMILES string of the molecule is CC(=O)Oc1cccc(C(=O)Nc2ccccc2NC(=O)Cc2ccc(Br)cc2)c1. The number of hydrogen-bond donors (Lipinski definition) is 2. The van der Waals surface area contributed by atoms with Crippen molar-refractivity contribution in [3.63, 3.8) is 0 Å². The number of para-hydroxylation sites is 2. The highest BCUT2D eigenvalue weighted by Gasteiger charge is 2.12. The maximum Gasteiger partial charge on any atom is 0.308 e. The van der Waals surface area contributed by atoms with Crippen LogP contribution in [0.3, 0.4) is 0 Å². The van der Waals surface area contributed by atoms with Gasteiger partial charge in [0.15, 0.2) is 0 Å². The Balaban J connectivity index is 1.70. The first-order chi connectivity index (χ1) is 14.4. The third kappa shape index (κ3) is 6.02. The van der Waals surface area contributed by atoms with Gasteiger partial charge in [-0.15, -0.1) is 0 Å². The quantitative estimate of drug-likeness (QED) is 0.403. The van der Waals surface area contributed by atoms with Gasteiger partial charge in [-0.3, -0.25) is 14.4 Å². The number of carbonyl (C=O) groups is 3. The monoisotopic (exact) mass is 466 g/mol. The molecule has 30 heavy (non-hydrogen) atoms. The van der Waals surface area contributed by atoms with Crippen LogP contribution in [0.4, 0.5) is 11.4 Å². The molecule has 0 radical (unpaired) electrons. The molecule has 0 atom stereocenters. The van der Waals surface area contributed by atoms with E-state index in [9.17, 15) is 14.4 Å². The van der Waals surface area contributed by atoms with Crippen LogP contribution in [0.25, 0.3) is 0 Å². The molecule has 0 aliphatic carbocycles. The Bertz CT molecular complexity index is 1080. The van der Waals surface area contributed by atoms with E-state index in [4.69, 9.17) is 4.74 Å². The minimum absolute atomic E-state index is 0.198. The highest BCUT2D eigenvalue weighted by atomic mass is 79.9. The number of esters is 1. The molecule has 7 heteroatoms. The van der Waals surface area contributed by atoms with E-state index in [-0.39, 0.29) is 18.1 Å². The molecule has 0 saturated carbocycles. The number of ether oxygens (including phenoxy) is 1. The van der Waals surface area contributed by atoms with Crippen molar-refractivity contribution in [2.45, 2.75) is 13.3 Å². The van der Waals surface area contributed by atoms with Crippen molar-refractivity contribution in [3.05, 3.63) is 88.4 Å². The molecule has 2 N–H and O–H groups in total. The number of amides is 2. The van der Waals surface area contributed by atoms with Gasteiger partial charge >= 0.3 is 5.97 Å². The molecular formula is C23H19BrN2O4. The lowest BCUT2D eigenvalue weighted by molar-refractivity contribution is -0.131. The topological polar surface area (TPSA) is 84.5 Å². The Hall–Kier alpha value is -3.45. The van der Waals surface area contributed by atoms with Crippen molar-refractivity contribution in [3.8, 4) is 5.75 Å². The lowest BCUT2D eigenvalue weighted by Gasteiger charge is -2.13. The second-order valence-electron chi connectivity index (χ2n) is 6.47. The van der Waals surface area contributed by atoms with Crippen molar-refractivity contribution < 1.29 is 19.1 Å². The Morgan fingerprint density at radius 3 is 2.20 bits per heavy atom. The standard InChI is InChI=1S/C23H19BrN2O4/c1-15(27)30-19-6-4-5-17(14-19)23(29)26-21-8-3-2-7-20(21)25-22(28)13-16-9-11-18(24)12-10-16/h2-12,14H,13H2,1H3,(H,25,28)(H,26,29). The van der Waals surface area contributed by atoms with E-state index < -0.39 is 11.9 Å². The van der Waals surface area contributed by atoms with Gasteiger partial charge < -0.3 is 15.4 Å². The molecular weight excluding hydrogens is 448 g/mol. The first kappa shape index (κ1) is 21.3. The summed E-state index contributed by atoms with van der Waals surface area (Å²) in [7, 11) is 0. The molecule has 0 aliphatic heterocycles. The summed E-state index contributed by atoms with van der Waals surface area (Å²) in [4.78, 5) is 36.2. The molecule has 0 fully saturated rings. The van der Waals surface area contributed by atoms with Crippen LogP contribution < -0.4 is 15.4 Å². The summed E-state index contributed by atoms with van der Waals surface area (Å²) in [6.45, 7) is 1.29. The molecule has 152 valence electrons. The molecule has 3 aromatic rings. The molecule has 3 rings (SSSR count). The van der Waals surface area contributed by atoms with E-state index in [1.165, 1.54) is 13.0 Å². The van der Waals surface area contributed by atoms with Crippen LogP contribution in [0, 0.1) is 0 Å². The molecule has 0 saturated heterocycles. The van der Waals surface area contributed by atoms with E-state index in [0.29, 0.717) is 16.9 Å². The number of anilines is 2. The van der Waals surface area contributed by atoms with Crippen LogP contribution in [0.1, 0.15) is 22.8 Å². The van der Waals surface area contributed by atoms with Crippen molar-refractivity contribution in [1.29, 1.82) is 0 Å². The normalized spacial score (nSPS) is 10.2. The third-order valence-electron chi connectivity index (χ3n) is 4.09. The van der Waals surface area contributed by atoms with E-state index in [0.717, 1.165) is 10.0 Å². The van der Waals surface area contributed by atoms with Crippen LogP contribution in [0.2, 0.25) is 0 Å². The molecule has 6 nitrogen and oxygen atoms in total. The van der Waals surface area contributed by atoms with E-state index in [1.807, 2.05) is 24.3 Å². The Morgan fingerprint density at radius 2 is 1.53 bits per heavy atom. The van der Waals surface area contributed by atoms with E-state index in [2.05, 4.69) is 26.6 Å². The number of benzene rings is 3. The van der Waals surface area contributed by atoms with Crippen molar-refractivity contribution in [1.82, 2.24) is 0 Å². The summed E-state index contributed by atoms with van der Waals surface area (Å²) in [6, 6.07) is 20.7. The Labute approximate surface area is 182 Å². The number of halogens is 1. The predicted octanol–water partition coefficient (Wildman–Crippen LogP) is 4.81. The van der Waals surface area contributed by atoms with Gasteiger partial charge in [0.2, 0.25) is 5.91 Å². The maximum atomic E-state index is 12.6. The summed E-state index contributed by atoms with van der Waals surface area (Å²) in [5.41, 5.74) is 2.15. The lowest BCUT2D eigenvalue weighted by Crippen LogP contribution is -2.18. The molecule has 0 aliphatic rings. The van der Waals surface area contributed by atoms with Gasteiger partial charge in [0.25, 0.3) is 5.91 Å². The fourth-order valence-corrected chi connectivity index (χ4v) is 3.01. The van der Waals surface area contributed by atoms with Crippen LogP contribution in [-0.4, -0.2) is 17.8 Å². The maximum absolute atomic E-state index is 12.6. The summed E-state index contributed by atoms with van der Waals surface area (Å²) in [5, 5.41) is 5.62. The van der Waals surface area contributed by atoms with E-state index in [1.54, 1.807) is 42.5 Å². The van der Waals surface area contributed by atoms with E-state index >= 15 is 0 Å². The molecule has 0 aromatic heterocycles. The van der Waals surface area contributed by atoms with Gasteiger partial charge in [-0.1, -0.05) is 46.3 Å². The average Bonchev–Trinajstić information content (AvgIpc) is 2.71. The fraction of sp³-hybridized carbons (Fsp3) is 0.0870. The zero-order chi connectivity index (χ0) is 21.5. The summed E-state index contributed by atoms with van der Waals surface area (Å²) in [5.74, 6) is -0.771. The lowest BCUT2D eigenvalue weighted by atomic mass is 10.1. The van der Waals surface area contributed by atoms with Crippen LogP contribution in [-0.2, 0) is 16.0 Å². The number of rotatable bonds is 6. The second-order valence-corrected chi connectivity index (χ2v) is 7.39. The third-order valence-corrected chi connectivity index (χ3v) is 4.61. The molecule has 3 aromatic carbocycles. The van der Waals surface area contributed by atoms with Crippen molar-refractivity contribution >= 4 is 45.1 Å². The number of nitrogens with one attached hydrogen (secondary N) is 2. The van der Waals surface area contributed by atoms with Gasteiger partial charge in [0.05, 0.1) is 17.8 Å². The summed E-state index contributed by atoms with van der Waals surface area (Å²) >= 11 is 3.37. The molecule has 0 spiro atoms. The molecule has 0 bridgehead atoms. The first-order valence-corrected chi connectivity index (χ1v) is 9.93. The summed E-state index contributed by atoms with van der Waals surface area (Å²) in [6.07, 6.45) is 0.208. The van der Waals surface area contributed by atoms with Gasteiger partial charge in [0, 0.05) is 17.0 Å². The van der Waals surface area contributed by atoms with Crippen LogP contribution >= 0.6 is 15.9 Å².